The van der Waals surface area contributed by atoms with Crippen LogP contribution in [0.1, 0.15) is 42.2 Å². The van der Waals surface area contributed by atoms with E-state index in [1.807, 2.05) is 43.5 Å². The number of aldehydes is 1. The molecule has 3 heterocycles. The Morgan fingerprint density at radius 1 is 1.11 bits per heavy atom. The van der Waals surface area contributed by atoms with Crippen LogP contribution in [0.4, 0.5) is 11.6 Å². The summed E-state index contributed by atoms with van der Waals surface area (Å²) in [5.74, 6) is 2.27. The minimum Gasteiger partial charge on any atom is -0.325 e. The van der Waals surface area contributed by atoms with E-state index in [2.05, 4.69) is 15.3 Å². The van der Waals surface area contributed by atoms with Crippen molar-refractivity contribution in [3.63, 3.8) is 0 Å². The predicted molar refractivity (Wildman–Crippen MR) is 108 cm³/mol. The normalized spacial score (nSPS) is 19.6. The van der Waals surface area contributed by atoms with Gasteiger partial charge in [-0.1, -0.05) is 6.07 Å². The highest BCUT2D eigenvalue weighted by Gasteiger charge is 2.24. The van der Waals surface area contributed by atoms with E-state index in [0.717, 1.165) is 64.7 Å². The van der Waals surface area contributed by atoms with Gasteiger partial charge < -0.3 is 10.1 Å². The molecule has 0 atom stereocenters. The molecule has 3 aromatic rings. The van der Waals surface area contributed by atoms with Crippen molar-refractivity contribution in [1.29, 1.82) is 0 Å². The molecule has 0 saturated heterocycles. The summed E-state index contributed by atoms with van der Waals surface area (Å²) < 4.78 is 0. The van der Waals surface area contributed by atoms with Crippen LogP contribution in [0.2, 0.25) is 0 Å². The summed E-state index contributed by atoms with van der Waals surface area (Å²) in [6.45, 7) is 2.04. The number of thiazole rings is 1. The molecule has 1 fully saturated rings. The van der Waals surface area contributed by atoms with E-state index in [4.69, 9.17) is 4.98 Å². The zero-order valence-corrected chi connectivity index (χ0v) is 16.1. The number of anilines is 2. The fourth-order valence-corrected chi connectivity index (χ4v) is 4.53. The van der Waals surface area contributed by atoms with E-state index in [-0.39, 0.29) is 5.92 Å². The number of carbonyl (C=O) groups excluding carboxylic acids is 1. The van der Waals surface area contributed by atoms with Crippen molar-refractivity contribution in [3.05, 3.63) is 53.3 Å². The molecule has 4 rings (SSSR count). The summed E-state index contributed by atoms with van der Waals surface area (Å²) in [4.78, 5) is 25.7. The summed E-state index contributed by atoms with van der Waals surface area (Å²) in [6, 6.07) is 9.91. The lowest BCUT2D eigenvalue weighted by Crippen LogP contribution is -2.13. The predicted octanol–water partition coefficient (Wildman–Crippen LogP) is 5.12. The number of aryl methyl sites for hydroxylation is 1. The Labute approximate surface area is 162 Å². The Morgan fingerprint density at radius 3 is 2.74 bits per heavy atom. The molecule has 1 aliphatic rings. The molecule has 0 bridgehead atoms. The zero-order valence-electron chi connectivity index (χ0n) is 15.3. The van der Waals surface area contributed by atoms with Crippen LogP contribution < -0.4 is 5.32 Å². The first kappa shape index (κ1) is 17.8. The summed E-state index contributed by atoms with van der Waals surface area (Å²) in [5, 5.41) is 4.43. The maximum absolute atomic E-state index is 10.9. The number of aromatic nitrogens is 3. The maximum Gasteiger partial charge on any atom is 0.132 e. The third-order valence-corrected chi connectivity index (χ3v) is 6.19. The molecule has 0 spiro atoms. The first-order chi connectivity index (χ1) is 13.2. The van der Waals surface area contributed by atoms with Gasteiger partial charge in [0.05, 0.1) is 15.6 Å². The quantitative estimate of drug-likeness (QED) is 0.624. The number of nitrogens with one attached hydrogen (secondary N) is 1. The van der Waals surface area contributed by atoms with Crippen LogP contribution in [-0.2, 0) is 4.79 Å². The molecule has 0 aliphatic heterocycles. The van der Waals surface area contributed by atoms with E-state index in [0.29, 0.717) is 5.92 Å². The Bertz CT molecular complexity index is 931. The lowest BCUT2D eigenvalue weighted by molar-refractivity contribution is -0.111. The molecule has 0 amide bonds. The van der Waals surface area contributed by atoms with Crippen LogP contribution >= 0.6 is 11.3 Å². The molecule has 0 radical (unpaired) electrons. The fourth-order valence-electron chi connectivity index (χ4n) is 3.47. The van der Waals surface area contributed by atoms with Gasteiger partial charge in [-0.15, -0.1) is 11.3 Å². The lowest BCUT2D eigenvalue weighted by atomic mass is 9.83. The van der Waals surface area contributed by atoms with Gasteiger partial charge in [-0.3, -0.25) is 0 Å². The van der Waals surface area contributed by atoms with E-state index < -0.39 is 0 Å². The van der Waals surface area contributed by atoms with Gasteiger partial charge in [-0.05, 0) is 62.4 Å². The SMILES string of the molecule is Cc1ccnc(Nc2cccc(-c3cnc(C4CCC(C=O)CC4)s3)n2)c1. The Hall–Kier alpha value is -2.60. The van der Waals surface area contributed by atoms with Gasteiger partial charge in [0.25, 0.3) is 0 Å². The van der Waals surface area contributed by atoms with E-state index in [9.17, 15) is 4.79 Å². The van der Waals surface area contributed by atoms with Crippen LogP contribution in [0.5, 0.6) is 0 Å². The lowest BCUT2D eigenvalue weighted by Gasteiger charge is -2.23. The van der Waals surface area contributed by atoms with Gasteiger partial charge in [-0.2, -0.15) is 0 Å². The number of carbonyl (C=O) groups is 1. The molecule has 0 aromatic carbocycles. The van der Waals surface area contributed by atoms with Crippen molar-refractivity contribution in [2.24, 2.45) is 5.92 Å². The van der Waals surface area contributed by atoms with Crippen molar-refractivity contribution in [1.82, 2.24) is 15.0 Å². The molecule has 1 saturated carbocycles. The first-order valence-corrected chi connectivity index (χ1v) is 10.1. The minimum atomic E-state index is 0.236. The molecule has 0 unspecified atom stereocenters. The highest BCUT2D eigenvalue weighted by Crippen LogP contribution is 2.38. The fraction of sp³-hybridized carbons (Fsp3) is 0.333. The monoisotopic (exact) mass is 378 g/mol. The number of hydrogen-bond acceptors (Lipinski definition) is 6. The molecule has 27 heavy (non-hydrogen) atoms. The van der Waals surface area contributed by atoms with Gasteiger partial charge in [0, 0.05) is 24.2 Å². The largest absolute Gasteiger partial charge is 0.325 e. The van der Waals surface area contributed by atoms with Gasteiger partial charge in [0.1, 0.15) is 17.9 Å². The summed E-state index contributed by atoms with van der Waals surface area (Å²) >= 11 is 1.71. The van der Waals surface area contributed by atoms with Gasteiger partial charge >= 0.3 is 0 Å². The number of nitrogens with zero attached hydrogens (tertiary/aromatic N) is 3. The molecule has 138 valence electrons. The van der Waals surface area contributed by atoms with Crippen LogP contribution in [0, 0.1) is 12.8 Å². The maximum atomic E-state index is 10.9. The Morgan fingerprint density at radius 2 is 1.96 bits per heavy atom. The van der Waals surface area contributed by atoms with Crippen molar-refractivity contribution >= 4 is 29.3 Å². The standard InChI is InChI=1S/C21H22N4OS/c1-14-9-10-22-20(11-14)25-19-4-2-3-17(24-19)18-12-23-21(27-18)16-7-5-15(13-26)6-8-16/h2-4,9-13,15-16H,5-8H2,1H3,(H,22,24,25). The summed E-state index contributed by atoms with van der Waals surface area (Å²) in [6.07, 6.45) is 8.86. The van der Waals surface area contributed by atoms with Gasteiger partial charge in [0.2, 0.25) is 0 Å². The molecular weight excluding hydrogens is 356 g/mol. The smallest absolute Gasteiger partial charge is 0.132 e. The van der Waals surface area contributed by atoms with Crippen molar-refractivity contribution in [3.8, 4) is 10.6 Å². The third-order valence-electron chi connectivity index (χ3n) is 5.01. The third kappa shape index (κ3) is 4.22. The molecule has 1 aliphatic carbocycles. The van der Waals surface area contributed by atoms with Crippen LogP contribution in [0.3, 0.4) is 0 Å². The Balaban J connectivity index is 1.49. The number of rotatable bonds is 5. The zero-order chi connectivity index (χ0) is 18.6. The average Bonchev–Trinajstić information content (AvgIpc) is 3.19. The second kappa shape index (κ2) is 7.96. The topological polar surface area (TPSA) is 67.8 Å². The molecule has 6 heteroatoms. The van der Waals surface area contributed by atoms with Crippen molar-refractivity contribution in [2.45, 2.75) is 38.5 Å². The first-order valence-electron chi connectivity index (χ1n) is 9.29. The van der Waals surface area contributed by atoms with Crippen molar-refractivity contribution in [2.75, 3.05) is 5.32 Å². The summed E-state index contributed by atoms with van der Waals surface area (Å²) in [7, 11) is 0. The van der Waals surface area contributed by atoms with Gasteiger partial charge in [-0.25, -0.2) is 15.0 Å². The molecule has 1 N–H and O–H groups in total. The van der Waals surface area contributed by atoms with E-state index in [1.165, 1.54) is 0 Å². The van der Waals surface area contributed by atoms with Gasteiger partial charge in [0.15, 0.2) is 0 Å². The number of hydrogen-bond donors (Lipinski definition) is 1. The molecular formula is C21H22N4OS. The average molecular weight is 379 g/mol. The Kier molecular flexibility index (Phi) is 5.25. The van der Waals surface area contributed by atoms with E-state index in [1.54, 1.807) is 17.5 Å². The highest BCUT2D eigenvalue weighted by atomic mass is 32.1. The minimum absolute atomic E-state index is 0.236. The van der Waals surface area contributed by atoms with Crippen LogP contribution in [0.25, 0.3) is 10.6 Å². The summed E-state index contributed by atoms with van der Waals surface area (Å²) in [5.41, 5.74) is 2.07. The number of pyridine rings is 2. The second-order valence-electron chi connectivity index (χ2n) is 7.06. The second-order valence-corrected chi connectivity index (χ2v) is 8.12. The van der Waals surface area contributed by atoms with E-state index >= 15 is 0 Å². The molecule has 5 nitrogen and oxygen atoms in total. The van der Waals surface area contributed by atoms with Crippen molar-refractivity contribution < 1.29 is 4.79 Å². The highest BCUT2D eigenvalue weighted by molar-refractivity contribution is 7.15. The van der Waals surface area contributed by atoms with Crippen LogP contribution in [-0.4, -0.2) is 21.2 Å². The van der Waals surface area contributed by atoms with Crippen LogP contribution in [0.15, 0.2) is 42.7 Å². The molecule has 3 aromatic heterocycles.